The number of halogens is 4. The fourth-order valence-electron chi connectivity index (χ4n) is 1.85. The lowest BCUT2D eigenvalue weighted by Crippen LogP contribution is -2.04. The van der Waals surface area contributed by atoms with Crippen LogP contribution in [0.15, 0.2) is 34.8 Å². The third kappa shape index (κ3) is 2.98. The number of hydrogen-bond acceptors (Lipinski definition) is 1. The average Bonchev–Trinajstić information content (AvgIpc) is 2.31. The summed E-state index contributed by atoms with van der Waals surface area (Å²) in [5.41, 5.74) is 0.538. The summed E-state index contributed by atoms with van der Waals surface area (Å²) >= 11 is 2.85. The molecule has 0 radical (unpaired) electrons. The molecule has 0 aromatic heterocycles. The van der Waals surface area contributed by atoms with Crippen molar-refractivity contribution in [2.24, 2.45) is 0 Å². The first-order valence-electron chi connectivity index (χ1n) is 5.48. The summed E-state index contributed by atoms with van der Waals surface area (Å²) in [6.07, 6.45) is -1.42. The summed E-state index contributed by atoms with van der Waals surface area (Å²) in [7, 11) is 0. The van der Waals surface area contributed by atoms with E-state index in [4.69, 9.17) is 0 Å². The van der Waals surface area contributed by atoms with Crippen LogP contribution in [-0.4, -0.2) is 5.11 Å². The Morgan fingerprint density at radius 3 is 2.32 bits per heavy atom. The van der Waals surface area contributed by atoms with E-state index >= 15 is 0 Å². The highest BCUT2D eigenvalue weighted by molar-refractivity contribution is 9.10. The fraction of sp³-hybridized carbons (Fsp3) is 0.143. The van der Waals surface area contributed by atoms with Gasteiger partial charge in [0.1, 0.15) is 23.6 Å². The molecule has 0 saturated carbocycles. The Balaban J connectivity index is 2.49. The van der Waals surface area contributed by atoms with Crippen molar-refractivity contribution in [2.75, 3.05) is 0 Å². The van der Waals surface area contributed by atoms with Crippen LogP contribution in [0.1, 0.15) is 22.8 Å². The minimum absolute atomic E-state index is 0.0311. The normalized spacial score (nSPS) is 12.5. The second-order valence-corrected chi connectivity index (χ2v) is 5.11. The molecular weight excluding hydrogens is 321 g/mol. The Bertz CT molecular complexity index is 608. The van der Waals surface area contributed by atoms with Crippen molar-refractivity contribution in [1.82, 2.24) is 0 Å². The van der Waals surface area contributed by atoms with Crippen LogP contribution in [0.2, 0.25) is 0 Å². The molecule has 2 aromatic rings. The molecule has 0 aliphatic rings. The Morgan fingerprint density at radius 2 is 1.68 bits per heavy atom. The van der Waals surface area contributed by atoms with E-state index in [-0.39, 0.29) is 15.6 Å². The van der Waals surface area contributed by atoms with Crippen molar-refractivity contribution in [2.45, 2.75) is 13.0 Å². The molecule has 0 spiro atoms. The molecule has 100 valence electrons. The Morgan fingerprint density at radius 1 is 1.00 bits per heavy atom. The topological polar surface area (TPSA) is 20.2 Å². The summed E-state index contributed by atoms with van der Waals surface area (Å²) < 4.78 is 40.3. The molecule has 2 rings (SSSR count). The molecule has 1 atom stereocenters. The predicted molar refractivity (Wildman–Crippen MR) is 69.3 cm³/mol. The molecular formula is C14H10BrF3O. The largest absolute Gasteiger partial charge is 0.384 e. The molecule has 0 saturated heterocycles. The van der Waals surface area contributed by atoms with E-state index in [1.807, 2.05) is 0 Å². The van der Waals surface area contributed by atoms with Crippen molar-refractivity contribution < 1.29 is 18.3 Å². The van der Waals surface area contributed by atoms with Gasteiger partial charge in [-0.3, -0.25) is 0 Å². The van der Waals surface area contributed by atoms with Gasteiger partial charge in [-0.25, -0.2) is 13.2 Å². The van der Waals surface area contributed by atoms with E-state index in [0.717, 1.165) is 18.2 Å². The zero-order valence-corrected chi connectivity index (χ0v) is 11.5. The highest BCUT2D eigenvalue weighted by Crippen LogP contribution is 2.29. The molecule has 5 heteroatoms. The highest BCUT2D eigenvalue weighted by atomic mass is 79.9. The summed E-state index contributed by atoms with van der Waals surface area (Å²) in [6, 6.07) is 5.73. The molecule has 1 unspecified atom stereocenters. The lowest BCUT2D eigenvalue weighted by atomic mass is 9.99. The van der Waals surface area contributed by atoms with Crippen LogP contribution >= 0.6 is 15.9 Å². The Hall–Kier alpha value is -1.33. The van der Waals surface area contributed by atoms with Crippen LogP contribution in [0, 0.1) is 24.4 Å². The van der Waals surface area contributed by atoms with Gasteiger partial charge in [-0.2, -0.15) is 0 Å². The van der Waals surface area contributed by atoms with Crippen molar-refractivity contribution in [1.29, 1.82) is 0 Å². The van der Waals surface area contributed by atoms with Gasteiger partial charge in [0.25, 0.3) is 0 Å². The van der Waals surface area contributed by atoms with Gasteiger partial charge in [0.2, 0.25) is 0 Å². The molecule has 0 heterocycles. The van der Waals surface area contributed by atoms with Gasteiger partial charge in [-0.15, -0.1) is 0 Å². The van der Waals surface area contributed by atoms with Crippen molar-refractivity contribution >= 4 is 15.9 Å². The van der Waals surface area contributed by atoms with E-state index in [1.165, 1.54) is 12.1 Å². The molecule has 1 N–H and O–H groups in total. The minimum atomic E-state index is -1.42. The van der Waals surface area contributed by atoms with Gasteiger partial charge < -0.3 is 5.11 Å². The lowest BCUT2D eigenvalue weighted by molar-refractivity contribution is 0.213. The molecule has 2 aromatic carbocycles. The number of hydrogen-bond donors (Lipinski definition) is 1. The fourth-order valence-corrected chi connectivity index (χ4v) is 2.16. The quantitative estimate of drug-likeness (QED) is 0.816. The lowest BCUT2D eigenvalue weighted by Gasteiger charge is -2.14. The van der Waals surface area contributed by atoms with E-state index in [0.29, 0.717) is 5.56 Å². The standard InChI is InChI=1S/C14H10BrF3O/c1-7-2-8(4-9(16)3-7)14(19)10-5-13(18)11(15)6-12(10)17/h2-6,14,19H,1H3. The summed E-state index contributed by atoms with van der Waals surface area (Å²) in [4.78, 5) is 0. The molecule has 0 fully saturated rings. The predicted octanol–water partition coefficient (Wildman–Crippen LogP) is 4.26. The van der Waals surface area contributed by atoms with Crippen LogP contribution in [-0.2, 0) is 0 Å². The van der Waals surface area contributed by atoms with Crippen LogP contribution in [0.4, 0.5) is 13.2 Å². The maximum absolute atomic E-state index is 13.7. The first kappa shape index (κ1) is 14.1. The third-order valence-corrected chi connectivity index (χ3v) is 3.32. The molecule has 0 aliphatic heterocycles. The van der Waals surface area contributed by atoms with Gasteiger partial charge in [0.15, 0.2) is 0 Å². The van der Waals surface area contributed by atoms with Gasteiger partial charge in [-0.05, 0) is 58.2 Å². The number of aryl methyl sites for hydroxylation is 1. The summed E-state index contributed by atoms with van der Waals surface area (Å²) in [5, 5.41) is 10.0. The maximum Gasteiger partial charge on any atom is 0.137 e. The number of benzene rings is 2. The van der Waals surface area contributed by atoms with Gasteiger partial charge >= 0.3 is 0 Å². The highest BCUT2D eigenvalue weighted by Gasteiger charge is 2.18. The average molecular weight is 331 g/mol. The van der Waals surface area contributed by atoms with E-state index in [9.17, 15) is 18.3 Å². The molecule has 1 nitrogen and oxygen atoms in total. The zero-order chi connectivity index (χ0) is 14.2. The summed E-state index contributed by atoms with van der Waals surface area (Å²) in [6.45, 7) is 1.65. The maximum atomic E-state index is 13.7. The van der Waals surface area contributed by atoms with Crippen LogP contribution in [0.25, 0.3) is 0 Å². The zero-order valence-electron chi connectivity index (χ0n) is 9.92. The number of rotatable bonds is 2. The third-order valence-electron chi connectivity index (χ3n) is 2.71. The monoisotopic (exact) mass is 330 g/mol. The first-order valence-corrected chi connectivity index (χ1v) is 6.27. The molecule has 0 amide bonds. The van der Waals surface area contributed by atoms with Crippen LogP contribution in [0.5, 0.6) is 0 Å². The van der Waals surface area contributed by atoms with Gasteiger partial charge in [0, 0.05) is 5.56 Å². The molecule has 0 bridgehead atoms. The smallest absolute Gasteiger partial charge is 0.137 e. The van der Waals surface area contributed by atoms with Gasteiger partial charge in [0.05, 0.1) is 4.47 Å². The molecule has 0 aliphatic carbocycles. The summed E-state index contributed by atoms with van der Waals surface area (Å²) in [5.74, 6) is -1.99. The van der Waals surface area contributed by atoms with Crippen molar-refractivity contribution in [3.8, 4) is 0 Å². The first-order chi connectivity index (χ1) is 8.88. The van der Waals surface area contributed by atoms with E-state index in [1.54, 1.807) is 6.92 Å². The SMILES string of the molecule is Cc1cc(F)cc(C(O)c2cc(F)c(Br)cc2F)c1. The Labute approximate surface area is 116 Å². The number of aliphatic hydroxyl groups is 1. The van der Waals surface area contributed by atoms with Crippen molar-refractivity contribution in [3.63, 3.8) is 0 Å². The Kier molecular flexibility index (Phi) is 3.96. The van der Waals surface area contributed by atoms with E-state index in [2.05, 4.69) is 15.9 Å². The van der Waals surface area contributed by atoms with Gasteiger partial charge in [-0.1, -0.05) is 6.07 Å². The van der Waals surface area contributed by atoms with Crippen LogP contribution in [0.3, 0.4) is 0 Å². The second kappa shape index (κ2) is 5.35. The second-order valence-electron chi connectivity index (χ2n) is 4.25. The van der Waals surface area contributed by atoms with Crippen molar-refractivity contribution in [3.05, 3.63) is 68.9 Å². The minimum Gasteiger partial charge on any atom is -0.384 e. The van der Waals surface area contributed by atoms with Crippen LogP contribution < -0.4 is 0 Å². The molecule has 19 heavy (non-hydrogen) atoms. The van der Waals surface area contributed by atoms with E-state index < -0.39 is 23.6 Å². The number of aliphatic hydroxyl groups excluding tert-OH is 1.